The maximum Gasteiger partial charge on any atom is 0.250 e. The van der Waals surface area contributed by atoms with E-state index >= 15 is 0 Å². The van der Waals surface area contributed by atoms with E-state index in [1.54, 1.807) is 29.2 Å². The maximum absolute atomic E-state index is 13.3. The molecule has 1 N–H and O–H groups in total. The number of amides is 3. The molecule has 8 heteroatoms. The van der Waals surface area contributed by atoms with Gasteiger partial charge in [0.15, 0.2) is 5.25 Å². The molecule has 2 aromatic carbocycles. The van der Waals surface area contributed by atoms with E-state index in [-0.39, 0.29) is 24.3 Å². The number of thioether (sulfide) groups is 1. The van der Waals surface area contributed by atoms with Gasteiger partial charge in [-0.05, 0) is 43.5 Å². The molecule has 2 heterocycles. The molecule has 0 unspecified atom stereocenters. The number of hydrogen-bond donors (Lipinski definition) is 1. The van der Waals surface area contributed by atoms with Crippen molar-refractivity contribution in [3.63, 3.8) is 0 Å². The Labute approximate surface area is 185 Å². The smallest absolute Gasteiger partial charge is 0.250 e. The average Bonchev–Trinajstić information content (AvgIpc) is 2.81. The topological polar surface area (TPSA) is 79.0 Å². The van der Waals surface area contributed by atoms with Crippen molar-refractivity contribution in [1.29, 1.82) is 0 Å². The lowest BCUT2D eigenvalue weighted by Crippen LogP contribution is -2.52. The summed E-state index contributed by atoms with van der Waals surface area (Å²) in [5, 5.41) is 1.94. The van der Waals surface area contributed by atoms with Crippen LogP contribution in [0.1, 0.15) is 19.3 Å². The van der Waals surface area contributed by atoms with Crippen molar-refractivity contribution in [1.82, 2.24) is 4.90 Å². The number of likely N-dealkylation sites (tertiary alicyclic amines) is 1. The Morgan fingerprint density at radius 3 is 2.55 bits per heavy atom. The summed E-state index contributed by atoms with van der Waals surface area (Å²) in [7, 11) is 1.53. The lowest BCUT2D eigenvalue weighted by molar-refractivity contribution is -0.135. The molecular weight excluding hydrogens is 414 g/mol. The minimum absolute atomic E-state index is 0.167. The number of carbonyl (C=O) groups excluding carboxylic acids is 3. The number of rotatable bonds is 5. The van der Waals surface area contributed by atoms with Crippen molar-refractivity contribution in [2.45, 2.75) is 29.4 Å². The number of nitrogens with one attached hydrogen (secondary N) is 1. The number of para-hydroxylation sites is 3. The number of methoxy groups -OCH3 is 1. The predicted molar refractivity (Wildman–Crippen MR) is 120 cm³/mol. The number of nitrogens with zero attached hydrogens (tertiary/aromatic N) is 2. The van der Waals surface area contributed by atoms with Crippen LogP contribution in [-0.2, 0) is 14.4 Å². The van der Waals surface area contributed by atoms with Gasteiger partial charge >= 0.3 is 0 Å². The summed E-state index contributed by atoms with van der Waals surface area (Å²) in [5.41, 5.74) is 1.18. The van der Waals surface area contributed by atoms with Crippen LogP contribution in [0.25, 0.3) is 0 Å². The van der Waals surface area contributed by atoms with Gasteiger partial charge in [0, 0.05) is 18.0 Å². The Bertz CT molecular complexity index is 990. The third kappa shape index (κ3) is 4.54. The lowest BCUT2D eigenvalue weighted by atomic mass is 10.1. The molecule has 31 heavy (non-hydrogen) atoms. The molecule has 0 spiro atoms. The van der Waals surface area contributed by atoms with Gasteiger partial charge in [-0.2, -0.15) is 0 Å². The first-order valence-corrected chi connectivity index (χ1v) is 11.2. The highest BCUT2D eigenvalue weighted by Crippen LogP contribution is 2.40. The van der Waals surface area contributed by atoms with Gasteiger partial charge in [-0.1, -0.05) is 24.3 Å². The van der Waals surface area contributed by atoms with Gasteiger partial charge in [0.2, 0.25) is 11.8 Å². The van der Waals surface area contributed by atoms with E-state index in [9.17, 15) is 14.4 Å². The molecule has 2 aromatic rings. The van der Waals surface area contributed by atoms with Crippen molar-refractivity contribution in [3.8, 4) is 5.75 Å². The summed E-state index contributed by atoms with van der Waals surface area (Å²) >= 11 is 1.27. The second-order valence-electron chi connectivity index (χ2n) is 7.52. The molecule has 4 rings (SSSR count). The fourth-order valence-corrected chi connectivity index (χ4v) is 5.09. The number of carbonyl (C=O) groups is 3. The van der Waals surface area contributed by atoms with E-state index < -0.39 is 5.25 Å². The van der Waals surface area contributed by atoms with Crippen LogP contribution < -0.4 is 15.0 Å². The van der Waals surface area contributed by atoms with Gasteiger partial charge in [-0.25, -0.2) is 0 Å². The van der Waals surface area contributed by atoms with Gasteiger partial charge in [0.1, 0.15) is 12.3 Å². The highest BCUT2D eigenvalue weighted by atomic mass is 32.2. The molecule has 0 bridgehead atoms. The van der Waals surface area contributed by atoms with E-state index in [0.29, 0.717) is 30.2 Å². The molecule has 0 aliphatic carbocycles. The summed E-state index contributed by atoms with van der Waals surface area (Å²) in [6.07, 6.45) is 3.02. The van der Waals surface area contributed by atoms with Crippen LogP contribution in [0.5, 0.6) is 5.75 Å². The Balaban J connectivity index is 1.55. The van der Waals surface area contributed by atoms with E-state index in [1.165, 1.54) is 23.8 Å². The summed E-state index contributed by atoms with van der Waals surface area (Å²) in [4.78, 5) is 43.3. The zero-order valence-electron chi connectivity index (χ0n) is 17.4. The van der Waals surface area contributed by atoms with E-state index in [0.717, 1.165) is 24.2 Å². The molecule has 7 nitrogen and oxygen atoms in total. The molecule has 0 saturated carbocycles. The van der Waals surface area contributed by atoms with Crippen molar-refractivity contribution < 1.29 is 19.1 Å². The first-order chi connectivity index (χ1) is 15.1. The molecule has 1 fully saturated rings. The number of fused-ring (bicyclic) bond motifs is 1. The monoisotopic (exact) mass is 439 g/mol. The van der Waals surface area contributed by atoms with Crippen LogP contribution in [0.2, 0.25) is 0 Å². The van der Waals surface area contributed by atoms with Crippen molar-refractivity contribution in [2.75, 3.05) is 37.0 Å². The van der Waals surface area contributed by atoms with E-state index in [2.05, 4.69) is 5.32 Å². The largest absolute Gasteiger partial charge is 0.495 e. The molecule has 3 amide bonds. The standard InChI is InChI=1S/C23H25N3O4S/c1-30-18-11-5-3-9-16(18)24-20(27)15-26-17-10-4-6-12-19(17)31-21(23(26)29)22(28)25-13-7-2-8-14-25/h3-6,9-12,21H,2,7-8,13-15H2,1H3,(H,24,27)/t21-/m0/s1. The highest BCUT2D eigenvalue weighted by molar-refractivity contribution is 8.01. The third-order valence-electron chi connectivity index (χ3n) is 5.47. The second kappa shape index (κ2) is 9.43. The zero-order valence-corrected chi connectivity index (χ0v) is 18.2. The number of anilines is 2. The molecular formula is C23H25N3O4S. The summed E-state index contributed by atoms with van der Waals surface area (Å²) < 4.78 is 5.28. The van der Waals surface area contributed by atoms with Crippen LogP contribution in [0, 0.1) is 0 Å². The molecule has 0 radical (unpaired) electrons. The molecule has 162 valence electrons. The average molecular weight is 440 g/mol. The summed E-state index contributed by atoms with van der Waals surface area (Å²) in [6, 6.07) is 14.5. The molecule has 2 aliphatic rings. The van der Waals surface area contributed by atoms with Gasteiger partial charge in [-0.3, -0.25) is 14.4 Å². The van der Waals surface area contributed by atoms with Gasteiger partial charge in [-0.15, -0.1) is 11.8 Å². The number of piperidine rings is 1. The normalized spacial score (nSPS) is 18.4. The number of ether oxygens (including phenoxy) is 1. The van der Waals surface area contributed by atoms with Gasteiger partial charge < -0.3 is 19.9 Å². The van der Waals surface area contributed by atoms with Crippen LogP contribution >= 0.6 is 11.8 Å². The fourth-order valence-electron chi connectivity index (χ4n) is 3.90. The first-order valence-electron chi connectivity index (χ1n) is 10.4. The summed E-state index contributed by atoms with van der Waals surface area (Å²) in [5.74, 6) is -0.340. The predicted octanol–water partition coefficient (Wildman–Crippen LogP) is 3.15. The van der Waals surface area contributed by atoms with E-state index in [1.807, 2.05) is 24.3 Å². The van der Waals surface area contributed by atoms with Gasteiger partial charge in [0.25, 0.3) is 5.91 Å². The minimum atomic E-state index is -0.868. The zero-order chi connectivity index (χ0) is 21.8. The Morgan fingerprint density at radius 1 is 1.06 bits per heavy atom. The van der Waals surface area contributed by atoms with Crippen molar-refractivity contribution in [2.24, 2.45) is 0 Å². The first kappa shape index (κ1) is 21.2. The maximum atomic E-state index is 13.3. The van der Waals surface area contributed by atoms with Crippen molar-refractivity contribution >= 4 is 40.9 Å². The molecule has 2 aliphatic heterocycles. The molecule has 1 atom stereocenters. The minimum Gasteiger partial charge on any atom is -0.495 e. The number of benzene rings is 2. The molecule has 1 saturated heterocycles. The van der Waals surface area contributed by atoms with Crippen LogP contribution in [0.3, 0.4) is 0 Å². The molecule has 0 aromatic heterocycles. The second-order valence-corrected chi connectivity index (χ2v) is 8.67. The Kier molecular flexibility index (Phi) is 6.46. The highest BCUT2D eigenvalue weighted by Gasteiger charge is 2.41. The quantitative estimate of drug-likeness (QED) is 0.724. The lowest BCUT2D eigenvalue weighted by Gasteiger charge is -2.36. The Morgan fingerprint density at radius 2 is 1.77 bits per heavy atom. The van der Waals surface area contributed by atoms with Gasteiger partial charge in [0.05, 0.1) is 18.5 Å². The SMILES string of the molecule is COc1ccccc1NC(=O)CN1C(=O)[C@H](C(=O)N2CCCCC2)Sc2ccccc21. The fraction of sp³-hybridized carbons (Fsp3) is 0.348. The van der Waals surface area contributed by atoms with Crippen molar-refractivity contribution in [3.05, 3.63) is 48.5 Å². The van der Waals surface area contributed by atoms with Crippen LogP contribution in [0.15, 0.2) is 53.4 Å². The van der Waals surface area contributed by atoms with Crippen LogP contribution in [-0.4, -0.2) is 54.6 Å². The number of hydrogen-bond acceptors (Lipinski definition) is 5. The summed E-state index contributed by atoms with van der Waals surface area (Å²) in [6.45, 7) is 1.18. The third-order valence-corrected chi connectivity index (χ3v) is 6.70. The van der Waals surface area contributed by atoms with E-state index in [4.69, 9.17) is 4.74 Å². The van der Waals surface area contributed by atoms with Crippen LogP contribution in [0.4, 0.5) is 11.4 Å². The Hall–Kier alpha value is -3.00.